The first-order valence-electron chi connectivity index (χ1n) is 4.78. The van der Waals surface area contributed by atoms with Crippen molar-refractivity contribution in [3.63, 3.8) is 0 Å². The lowest BCUT2D eigenvalue weighted by Gasteiger charge is -2.05. The van der Waals surface area contributed by atoms with E-state index in [0.29, 0.717) is 0 Å². The van der Waals surface area contributed by atoms with Crippen molar-refractivity contribution in [3.05, 3.63) is 38.3 Å². The third kappa shape index (κ3) is 3.60. The highest BCUT2D eigenvalue weighted by atomic mass is 79.9. The molecule has 0 aliphatic rings. The fourth-order valence-corrected chi connectivity index (χ4v) is 1.70. The van der Waals surface area contributed by atoms with E-state index in [1.807, 2.05) is 0 Å². The maximum atomic E-state index is 10.5. The van der Waals surface area contributed by atoms with Crippen LogP contribution in [0, 0.1) is 10.1 Å². The molecule has 1 aromatic carbocycles. The SMILES string of the molecule is CCCNCc1ccc([N+](=O)[O-])cc1Br. The van der Waals surface area contributed by atoms with Crippen LogP contribution >= 0.6 is 15.9 Å². The predicted molar refractivity (Wildman–Crippen MR) is 62.8 cm³/mol. The summed E-state index contributed by atoms with van der Waals surface area (Å²) in [6.07, 6.45) is 1.07. The van der Waals surface area contributed by atoms with E-state index in [-0.39, 0.29) is 5.69 Å². The quantitative estimate of drug-likeness (QED) is 0.510. The summed E-state index contributed by atoms with van der Waals surface area (Å²) in [5, 5.41) is 13.7. The van der Waals surface area contributed by atoms with E-state index < -0.39 is 4.92 Å². The van der Waals surface area contributed by atoms with Crippen LogP contribution in [0.5, 0.6) is 0 Å². The molecule has 0 saturated carbocycles. The van der Waals surface area contributed by atoms with Gasteiger partial charge in [0, 0.05) is 23.2 Å². The Morgan fingerprint density at radius 3 is 2.80 bits per heavy atom. The van der Waals surface area contributed by atoms with Gasteiger partial charge < -0.3 is 5.32 Å². The second-order valence-electron chi connectivity index (χ2n) is 3.21. The molecule has 0 bridgehead atoms. The van der Waals surface area contributed by atoms with Gasteiger partial charge in [0.1, 0.15) is 0 Å². The number of halogens is 1. The zero-order valence-electron chi connectivity index (χ0n) is 8.50. The summed E-state index contributed by atoms with van der Waals surface area (Å²) in [4.78, 5) is 10.1. The monoisotopic (exact) mass is 272 g/mol. The zero-order chi connectivity index (χ0) is 11.3. The highest BCUT2D eigenvalue weighted by molar-refractivity contribution is 9.10. The fourth-order valence-electron chi connectivity index (χ4n) is 1.19. The molecule has 1 aromatic rings. The van der Waals surface area contributed by atoms with Crippen LogP contribution in [0.25, 0.3) is 0 Å². The minimum Gasteiger partial charge on any atom is -0.313 e. The third-order valence-electron chi connectivity index (χ3n) is 1.99. The van der Waals surface area contributed by atoms with Crippen LogP contribution < -0.4 is 5.32 Å². The maximum absolute atomic E-state index is 10.5. The summed E-state index contributed by atoms with van der Waals surface area (Å²) in [6, 6.07) is 4.82. The molecule has 0 amide bonds. The summed E-state index contributed by atoms with van der Waals surface area (Å²) in [7, 11) is 0. The van der Waals surface area contributed by atoms with E-state index in [0.717, 1.165) is 29.5 Å². The molecule has 82 valence electrons. The minimum absolute atomic E-state index is 0.112. The summed E-state index contributed by atoms with van der Waals surface area (Å²) in [5.41, 5.74) is 1.15. The Morgan fingerprint density at radius 2 is 2.27 bits per heavy atom. The molecule has 0 heterocycles. The number of nitrogens with zero attached hydrogens (tertiary/aromatic N) is 1. The number of nitro groups is 1. The van der Waals surface area contributed by atoms with E-state index in [1.165, 1.54) is 12.1 Å². The number of hydrogen-bond donors (Lipinski definition) is 1. The molecule has 1 rings (SSSR count). The summed E-state index contributed by atoms with van der Waals surface area (Å²) >= 11 is 3.32. The Bertz CT molecular complexity index is 355. The molecule has 0 radical (unpaired) electrons. The molecular formula is C10H13BrN2O2. The number of benzene rings is 1. The highest BCUT2D eigenvalue weighted by Crippen LogP contribution is 2.22. The van der Waals surface area contributed by atoms with Crippen molar-refractivity contribution in [1.82, 2.24) is 5.32 Å². The van der Waals surface area contributed by atoms with E-state index in [4.69, 9.17) is 0 Å². The minimum atomic E-state index is -0.395. The number of rotatable bonds is 5. The largest absolute Gasteiger partial charge is 0.313 e. The van der Waals surface area contributed by atoms with Crippen LogP contribution in [0.3, 0.4) is 0 Å². The Labute approximate surface area is 97.0 Å². The molecule has 5 heteroatoms. The normalized spacial score (nSPS) is 10.3. The van der Waals surface area contributed by atoms with Crippen molar-refractivity contribution in [2.75, 3.05) is 6.54 Å². The van der Waals surface area contributed by atoms with E-state index >= 15 is 0 Å². The van der Waals surface area contributed by atoms with Gasteiger partial charge in [-0.15, -0.1) is 0 Å². The molecule has 0 saturated heterocycles. The predicted octanol–water partition coefficient (Wildman–Crippen LogP) is 2.86. The third-order valence-corrected chi connectivity index (χ3v) is 2.73. The highest BCUT2D eigenvalue weighted by Gasteiger charge is 2.08. The van der Waals surface area contributed by atoms with Crippen LogP contribution in [-0.2, 0) is 6.54 Å². The lowest BCUT2D eigenvalue weighted by molar-refractivity contribution is -0.384. The van der Waals surface area contributed by atoms with E-state index in [2.05, 4.69) is 28.2 Å². The smallest absolute Gasteiger partial charge is 0.270 e. The first-order valence-corrected chi connectivity index (χ1v) is 5.58. The topological polar surface area (TPSA) is 55.2 Å². The molecule has 0 unspecified atom stereocenters. The first kappa shape index (κ1) is 12.1. The number of nitro benzene ring substituents is 1. The van der Waals surface area contributed by atoms with Crippen LogP contribution in [0.2, 0.25) is 0 Å². The van der Waals surface area contributed by atoms with Crippen molar-refractivity contribution in [2.45, 2.75) is 19.9 Å². The van der Waals surface area contributed by atoms with Crippen LogP contribution in [0.4, 0.5) is 5.69 Å². The van der Waals surface area contributed by atoms with Crippen molar-refractivity contribution < 1.29 is 4.92 Å². The maximum Gasteiger partial charge on any atom is 0.270 e. The van der Waals surface area contributed by atoms with Crippen LogP contribution in [0.1, 0.15) is 18.9 Å². The zero-order valence-corrected chi connectivity index (χ0v) is 10.1. The molecule has 15 heavy (non-hydrogen) atoms. The van der Waals surface area contributed by atoms with Gasteiger partial charge in [-0.25, -0.2) is 0 Å². The fraction of sp³-hybridized carbons (Fsp3) is 0.400. The van der Waals surface area contributed by atoms with Crippen molar-refractivity contribution in [3.8, 4) is 0 Å². The second-order valence-corrected chi connectivity index (χ2v) is 4.06. The van der Waals surface area contributed by atoms with Gasteiger partial charge in [0.15, 0.2) is 0 Å². The number of non-ortho nitro benzene ring substituents is 1. The summed E-state index contributed by atoms with van der Waals surface area (Å²) < 4.78 is 0.778. The van der Waals surface area contributed by atoms with Crippen molar-refractivity contribution >= 4 is 21.6 Å². The van der Waals surface area contributed by atoms with Crippen LogP contribution in [-0.4, -0.2) is 11.5 Å². The van der Waals surface area contributed by atoms with Gasteiger partial charge in [-0.05, 0) is 24.6 Å². The molecule has 0 aliphatic heterocycles. The lowest BCUT2D eigenvalue weighted by Crippen LogP contribution is -2.14. The van der Waals surface area contributed by atoms with Crippen molar-refractivity contribution in [2.24, 2.45) is 0 Å². The number of hydrogen-bond acceptors (Lipinski definition) is 3. The van der Waals surface area contributed by atoms with Gasteiger partial charge in [0.2, 0.25) is 0 Å². The average molecular weight is 273 g/mol. The summed E-state index contributed by atoms with van der Waals surface area (Å²) in [6.45, 7) is 3.77. The van der Waals surface area contributed by atoms with Crippen molar-refractivity contribution in [1.29, 1.82) is 0 Å². The second kappa shape index (κ2) is 5.82. The Balaban J connectivity index is 2.70. The van der Waals surface area contributed by atoms with Gasteiger partial charge in [-0.1, -0.05) is 22.9 Å². The van der Waals surface area contributed by atoms with Crippen LogP contribution in [0.15, 0.2) is 22.7 Å². The molecule has 1 N–H and O–H groups in total. The standard InChI is InChI=1S/C10H13BrN2O2/c1-2-5-12-7-8-3-4-9(13(14)15)6-10(8)11/h3-4,6,12H,2,5,7H2,1H3. The average Bonchev–Trinajstić information content (AvgIpc) is 2.20. The molecule has 0 aliphatic carbocycles. The Hall–Kier alpha value is -0.940. The Kier molecular flexibility index (Phi) is 4.71. The molecule has 0 spiro atoms. The van der Waals surface area contributed by atoms with Gasteiger partial charge in [-0.3, -0.25) is 10.1 Å². The van der Waals surface area contributed by atoms with Gasteiger partial charge in [0.05, 0.1) is 4.92 Å². The number of nitrogens with one attached hydrogen (secondary N) is 1. The Morgan fingerprint density at radius 1 is 1.53 bits per heavy atom. The lowest BCUT2D eigenvalue weighted by atomic mass is 10.2. The molecular weight excluding hydrogens is 260 g/mol. The summed E-state index contributed by atoms with van der Waals surface area (Å²) in [5.74, 6) is 0. The van der Waals surface area contributed by atoms with E-state index in [1.54, 1.807) is 6.07 Å². The van der Waals surface area contributed by atoms with Gasteiger partial charge in [0.25, 0.3) is 5.69 Å². The molecule has 0 aromatic heterocycles. The molecule has 4 nitrogen and oxygen atoms in total. The molecule has 0 atom stereocenters. The van der Waals surface area contributed by atoms with Gasteiger partial charge >= 0.3 is 0 Å². The molecule has 0 fully saturated rings. The van der Waals surface area contributed by atoms with E-state index in [9.17, 15) is 10.1 Å². The van der Waals surface area contributed by atoms with Gasteiger partial charge in [-0.2, -0.15) is 0 Å². The first-order chi connectivity index (χ1) is 7.15.